The van der Waals surface area contributed by atoms with E-state index < -0.39 is 10.0 Å². The Morgan fingerprint density at radius 2 is 1.76 bits per heavy atom. The van der Waals surface area contributed by atoms with Gasteiger partial charge in [-0.2, -0.15) is 10.2 Å². The molecule has 1 atom stereocenters. The molecule has 0 aromatic carbocycles. The Kier molecular flexibility index (Phi) is 3.94. The summed E-state index contributed by atoms with van der Waals surface area (Å²) in [6.07, 6.45) is 1.69. The van der Waals surface area contributed by atoms with Crippen molar-refractivity contribution in [1.82, 2.24) is 24.3 Å². The Labute approximate surface area is 125 Å². The minimum absolute atomic E-state index is 0.249. The van der Waals surface area contributed by atoms with Crippen LogP contribution in [0.5, 0.6) is 0 Å². The molecule has 0 aliphatic rings. The van der Waals surface area contributed by atoms with Gasteiger partial charge in [-0.15, -0.1) is 0 Å². The molecule has 8 heteroatoms. The van der Waals surface area contributed by atoms with Crippen molar-refractivity contribution in [1.29, 1.82) is 0 Å². The van der Waals surface area contributed by atoms with Gasteiger partial charge >= 0.3 is 0 Å². The summed E-state index contributed by atoms with van der Waals surface area (Å²) in [7, 11) is -0.0650. The maximum Gasteiger partial charge on any atom is 0.244 e. The molecule has 21 heavy (non-hydrogen) atoms. The highest BCUT2D eigenvalue weighted by atomic mass is 32.2. The third kappa shape index (κ3) is 2.73. The van der Waals surface area contributed by atoms with Crippen LogP contribution in [-0.4, -0.2) is 28.0 Å². The molecule has 2 rings (SSSR count). The van der Waals surface area contributed by atoms with E-state index in [1.165, 1.54) is 0 Å². The lowest BCUT2D eigenvalue weighted by Gasteiger charge is -2.14. The highest BCUT2D eigenvalue weighted by molar-refractivity contribution is 7.89. The normalized spacial score (nSPS) is 13.6. The number of hydrogen-bond acceptors (Lipinski definition) is 4. The lowest BCUT2D eigenvalue weighted by molar-refractivity contribution is 0.564. The first-order valence-electron chi connectivity index (χ1n) is 6.66. The predicted octanol–water partition coefficient (Wildman–Crippen LogP) is 1.12. The number of nitrogens with one attached hydrogen (secondary N) is 1. The van der Waals surface area contributed by atoms with E-state index in [1.807, 2.05) is 20.9 Å². The van der Waals surface area contributed by atoms with Gasteiger partial charge < -0.3 is 0 Å². The van der Waals surface area contributed by atoms with E-state index >= 15 is 0 Å². The lowest BCUT2D eigenvalue weighted by Crippen LogP contribution is -2.28. The van der Waals surface area contributed by atoms with Gasteiger partial charge in [0, 0.05) is 31.4 Å². The minimum Gasteiger partial charge on any atom is -0.273 e. The summed E-state index contributed by atoms with van der Waals surface area (Å²) >= 11 is 0. The van der Waals surface area contributed by atoms with Crippen molar-refractivity contribution in [2.24, 2.45) is 14.1 Å². The summed E-state index contributed by atoms with van der Waals surface area (Å²) in [5, 5.41) is 8.30. The van der Waals surface area contributed by atoms with Gasteiger partial charge in [0.05, 0.1) is 17.6 Å². The van der Waals surface area contributed by atoms with Crippen LogP contribution in [0.25, 0.3) is 0 Å². The Morgan fingerprint density at radius 1 is 1.14 bits per heavy atom. The molecule has 0 fully saturated rings. The first kappa shape index (κ1) is 15.7. The van der Waals surface area contributed by atoms with Crippen LogP contribution in [0, 0.1) is 20.8 Å². The monoisotopic (exact) mass is 311 g/mol. The molecule has 0 amide bonds. The summed E-state index contributed by atoms with van der Waals surface area (Å²) in [6, 6.07) is -0.359. The average Bonchev–Trinajstić information content (AvgIpc) is 2.81. The molecule has 2 aromatic heterocycles. The fourth-order valence-corrected chi connectivity index (χ4v) is 4.10. The summed E-state index contributed by atoms with van der Waals surface area (Å²) in [5.41, 5.74) is 2.91. The molecule has 2 aromatic rings. The van der Waals surface area contributed by atoms with Gasteiger partial charge in [-0.25, -0.2) is 13.1 Å². The summed E-state index contributed by atoms with van der Waals surface area (Å²) < 4.78 is 31.2. The van der Waals surface area contributed by atoms with E-state index in [1.54, 1.807) is 36.5 Å². The molecular formula is C13H21N5O2S. The van der Waals surface area contributed by atoms with E-state index in [0.29, 0.717) is 11.4 Å². The van der Waals surface area contributed by atoms with Crippen molar-refractivity contribution >= 4 is 10.0 Å². The Hall–Kier alpha value is -1.67. The molecule has 1 unspecified atom stereocenters. The average molecular weight is 311 g/mol. The van der Waals surface area contributed by atoms with Crippen LogP contribution in [-0.2, 0) is 24.1 Å². The lowest BCUT2D eigenvalue weighted by atomic mass is 10.1. The first-order valence-corrected chi connectivity index (χ1v) is 8.14. The van der Waals surface area contributed by atoms with Crippen molar-refractivity contribution in [3.8, 4) is 0 Å². The van der Waals surface area contributed by atoms with Gasteiger partial charge in [0.15, 0.2) is 0 Å². The maximum absolute atomic E-state index is 12.6. The third-order valence-corrected chi connectivity index (χ3v) is 5.58. The zero-order chi connectivity index (χ0) is 15.9. The van der Waals surface area contributed by atoms with Crippen LogP contribution in [0.3, 0.4) is 0 Å². The third-order valence-electron chi connectivity index (χ3n) is 3.78. The molecule has 116 valence electrons. The second-order valence-electron chi connectivity index (χ2n) is 5.28. The second-order valence-corrected chi connectivity index (χ2v) is 6.93. The van der Waals surface area contributed by atoms with Gasteiger partial charge in [0.2, 0.25) is 10.0 Å². The predicted molar refractivity (Wildman–Crippen MR) is 79.4 cm³/mol. The fourth-order valence-electron chi connectivity index (χ4n) is 2.44. The highest BCUT2D eigenvalue weighted by Gasteiger charge is 2.26. The molecule has 0 saturated carbocycles. The van der Waals surface area contributed by atoms with Crippen LogP contribution >= 0.6 is 0 Å². The molecule has 1 N–H and O–H groups in total. The van der Waals surface area contributed by atoms with Crippen molar-refractivity contribution in [3.63, 3.8) is 0 Å². The van der Waals surface area contributed by atoms with Crippen LogP contribution < -0.4 is 4.72 Å². The molecule has 0 aliphatic carbocycles. The second kappa shape index (κ2) is 5.27. The Morgan fingerprint density at radius 3 is 2.19 bits per heavy atom. The van der Waals surface area contributed by atoms with E-state index in [9.17, 15) is 8.42 Å². The maximum atomic E-state index is 12.6. The highest BCUT2D eigenvalue weighted by Crippen LogP contribution is 2.23. The van der Waals surface area contributed by atoms with Crippen LogP contribution in [0.2, 0.25) is 0 Å². The molecule has 0 bridgehead atoms. The van der Waals surface area contributed by atoms with Gasteiger partial charge in [-0.3, -0.25) is 9.36 Å². The molecule has 7 nitrogen and oxygen atoms in total. The Balaban J connectivity index is 2.36. The smallest absolute Gasteiger partial charge is 0.244 e. The summed E-state index contributed by atoms with van der Waals surface area (Å²) in [4.78, 5) is 0.249. The van der Waals surface area contributed by atoms with Crippen LogP contribution in [0.4, 0.5) is 0 Å². The molecular weight excluding hydrogens is 290 g/mol. The topological polar surface area (TPSA) is 81.8 Å². The fraction of sp³-hybridized carbons (Fsp3) is 0.538. The molecule has 0 aliphatic heterocycles. The number of sulfonamides is 1. The van der Waals surface area contributed by atoms with E-state index in [0.717, 1.165) is 11.3 Å². The van der Waals surface area contributed by atoms with Crippen molar-refractivity contribution < 1.29 is 8.42 Å². The van der Waals surface area contributed by atoms with Gasteiger partial charge in [0.25, 0.3) is 0 Å². The number of rotatable bonds is 4. The van der Waals surface area contributed by atoms with E-state index in [2.05, 4.69) is 14.9 Å². The first-order chi connectivity index (χ1) is 9.65. The van der Waals surface area contributed by atoms with Crippen molar-refractivity contribution in [2.75, 3.05) is 0 Å². The number of nitrogens with zero attached hydrogens (tertiary/aromatic N) is 4. The van der Waals surface area contributed by atoms with Crippen molar-refractivity contribution in [3.05, 3.63) is 28.8 Å². The van der Waals surface area contributed by atoms with Crippen LogP contribution in [0.1, 0.15) is 35.6 Å². The largest absolute Gasteiger partial charge is 0.273 e. The molecule has 2 heterocycles. The quantitative estimate of drug-likeness (QED) is 0.917. The number of aryl methyl sites for hydroxylation is 3. The van der Waals surface area contributed by atoms with Crippen LogP contribution in [0.15, 0.2) is 11.1 Å². The zero-order valence-electron chi connectivity index (χ0n) is 13.2. The van der Waals surface area contributed by atoms with E-state index in [-0.39, 0.29) is 10.9 Å². The zero-order valence-corrected chi connectivity index (χ0v) is 14.0. The summed E-state index contributed by atoms with van der Waals surface area (Å²) in [5.74, 6) is 0. The minimum atomic E-state index is -3.63. The summed E-state index contributed by atoms with van der Waals surface area (Å²) in [6.45, 7) is 7.16. The standard InChI is InChI=1S/C13H21N5O2S/c1-8(12-7-14-17(5)10(12)3)16-21(19,20)13-9(2)15-18(6)11(13)4/h7-8,16H,1-6H3. The van der Waals surface area contributed by atoms with Gasteiger partial charge in [-0.05, 0) is 27.7 Å². The number of hydrogen-bond donors (Lipinski definition) is 1. The molecule has 0 saturated heterocycles. The Bertz CT molecular complexity index is 773. The van der Waals surface area contributed by atoms with Crippen molar-refractivity contribution in [2.45, 2.75) is 38.6 Å². The SMILES string of the molecule is Cc1nn(C)c(C)c1S(=O)(=O)NC(C)c1cnn(C)c1C. The van der Waals surface area contributed by atoms with Gasteiger partial charge in [-0.1, -0.05) is 0 Å². The van der Waals surface area contributed by atoms with Gasteiger partial charge in [0.1, 0.15) is 4.90 Å². The number of aromatic nitrogens is 4. The molecule has 0 spiro atoms. The molecule has 0 radical (unpaired) electrons. The van der Waals surface area contributed by atoms with E-state index in [4.69, 9.17) is 0 Å².